The minimum absolute atomic E-state index is 0.0986. The van der Waals surface area contributed by atoms with Crippen LogP contribution in [0.5, 0.6) is 11.5 Å². The van der Waals surface area contributed by atoms with Crippen molar-refractivity contribution in [3.05, 3.63) is 64.3 Å². The molecular weight excluding hydrogens is 474 g/mol. The van der Waals surface area contributed by atoms with Crippen molar-refractivity contribution in [2.45, 2.75) is 6.54 Å². The summed E-state index contributed by atoms with van der Waals surface area (Å²) in [6.07, 6.45) is 2.73. The molecule has 0 N–H and O–H groups in total. The van der Waals surface area contributed by atoms with Crippen LogP contribution in [0.2, 0.25) is 4.34 Å². The summed E-state index contributed by atoms with van der Waals surface area (Å²) in [6, 6.07) is 11.9. The standard InChI is InChI=1S/C20H16ClN5O4S2/c1-29-15-7-6-14(18(8-15)30-2)12-25(20-23-11-19(21)31-20)32(27,28)26-17-5-3-4-13(9-22)16(17)10-24-26/h3-8,10-11H,12H2,1-2H3. The summed E-state index contributed by atoms with van der Waals surface area (Å²) in [7, 11) is -1.24. The van der Waals surface area contributed by atoms with Gasteiger partial charge >= 0.3 is 10.2 Å². The lowest BCUT2D eigenvalue weighted by molar-refractivity contribution is 0.391. The van der Waals surface area contributed by atoms with Gasteiger partial charge in [-0.05, 0) is 24.3 Å². The van der Waals surface area contributed by atoms with E-state index >= 15 is 0 Å². The van der Waals surface area contributed by atoms with Gasteiger partial charge in [0.15, 0.2) is 0 Å². The highest BCUT2D eigenvalue weighted by Crippen LogP contribution is 2.34. The van der Waals surface area contributed by atoms with E-state index in [-0.39, 0.29) is 17.2 Å². The second kappa shape index (κ2) is 8.66. The fourth-order valence-corrected chi connectivity index (χ4v) is 5.66. The zero-order valence-electron chi connectivity index (χ0n) is 16.9. The number of nitrogens with zero attached hydrogens (tertiary/aromatic N) is 5. The van der Waals surface area contributed by atoms with Gasteiger partial charge < -0.3 is 9.47 Å². The van der Waals surface area contributed by atoms with Crippen molar-refractivity contribution in [1.29, 1.82) is 5.26 Å². The van der Waals surface area contributed by atoms with Crippen molar-refractivity contribution in [3.8, 4) is 17.6 Å². The third-order valence-corrected chi connectivity index (χ3v) is 7.53. The van der Waals surface area contributed by atoms with Gasteiger partial charge in [-0.2, -0.15) is 18.8 Å². The minimum Gasteiger partial charge on any atom is -0.497 e. The van der Waals surface area contributed by atoms with Crippen molar-refractivity contribution in [2.24, 2.45) is 0 Å². The smallest absolute Gasteiger partial charge is 0.348 e. The van der Waals surface area contributed by atoms with E-state index in [4.69, 9.17) is 21.1 Å². The Balaban J connectivity index is 1.86. The molecule has 9 nitrogen and oxygen atoms in total. The predicted octanol–water partition coefficient (Wildman–Crippen LogP) is 3.83. The van der Waals surface area contributed by atoms with Crippen LogP contribution in [0.15, 0.2) is 48.8 Å². The Kier molecular flexibility index (Phi) is 5.92. The van der Waals surface area contributed by atoms with Crippen molar-refractivity contribution in [1.82, 2.24) is 14.2 Å². The third kappa shape index (κ3) is 3.84. The van der Waals surface area contributed by atoms with Crippen LogP contribution in [0.1, 0.15) is 11.1 Å². The van der Waals surface area contributed by atoms with Crippen molar-refractivity contribution < 1.29 is 17.9 Å². The van der Waals surface area contributed by atoms with Crippen molar-refractivity contribution in [3.63, 3.8) is 0 Å². The summed E-state index contributed by atoms with van der Waals surface area (Å²) in [4.78, 5) is 4.17. The topological polar surface area (TPSA) is 110 Å². The van der Waals surface area contributed by atoms with Crippen LogP contribution >= 0.6 is 22.9 Å². The second-order valence-electron chi connectivity index (χ2n) is 6.48. The lowest BCUT2D eigenvalue weighted by atomic mass is 10.1. The van der Waals surface area contributed by atoms with E-state index in [1.54, 1.807) is 36.4 Å². The first-order valence-electron chi connectivity index (χ1n) is 9.11. The summed E-state index contributed by atoms with van der Waals surface area (Å²) >= 11 is 7.07. The maximum Gasteiger partial charge on any atom is 0.348 e. The molecular formula is C20H16ClN5O4S2. The van der Waals surface area contributed by atoms with Gasteiger partial charge in [-0.25, -0.2) is 9.29 Å². The number of ether oxygens (including phenoxy) is 2. The molecule has 2 heterocycles. The molecule has 0 aliphatic carbocycles. The van der Waals surface area contributed by atoms with Gasteiger partial charge in [-0.15, -0.1) is 4.09 Å². The van der Waals surface area contributed by atoms with Crippen LogP contribution in [0.3, 0.4) is 0 Å². The highest BCUT2D eigenvalue weighted by Gasteiger charge is 2.31. The number of methoxy groups -OCH3 is 2. The second-order valence-corrected chi connectivity index (χ2v) is 9.80. The zero-order valence-corrected chi connectivity index (χ0v) is 19.3. The molecule has 2 aromatic heterocycles. The lowest BCUT2D eigenvalue weighted by Crippen LogP contribution is -2.36. The fraction of sp³-hybridized carbons (Fsp3) is 0.150. The maximum absolute atomic E-state index is 13.7. The zero-order chi connectivity index (χ0) is 22.9. The Labute approximate surface area is 193 Å². The lowest BCUT2D eigenvalue weighted by Gasteiger charge is -2.23. The van der Waals surface area contributed by atoms with Crippen molar-refractivity contribution in [2.75, 3.05) is 18.5 Å². The molecule has 0 spiro atoms. The number of hydrogen-bond donors (Lipinski definition) is 0. The summed E-state index contributed by atoms with van der Waals surface area (Å²) in [5, 5.41) is 14.0. The number of rotatable bonds is 7. The monoisotopic (exact) mass is 489 g/mol. The number of fused-ring (bicyclic) bond motifs is 1. The molecule has 0 saturated heterocycles. The molecule has 12 heteroatoms. The summed E-state index contributed by atoms with van der Waals surface area (Å²) in [5.74, 6) is 1.02. The number of halogens is 1. The number of nitriles is 1. The van der Waals surface area contributed by atoms with Crippen molar-refractivity contribution >= 4 is 49.2 Å². The van der Waals surface area contributed by atoms with E-state index in [0.717, 1.165) is 19.7 Å². The molecule has 0 fully saturated rings. The largest absolute Gasteiger partial charge is 0.497 e. The van der Waals surface area contributed by atoms with Gasteiger partial charge in [0.1, 0.15) is 15.8 Å². The number of anilines is 1. The van der Waals surface area contributed by atoms with Gasteiger partial charge in [0.2, 0.25) is 5.13 Å². The molecule has 0 amide bonds. The highest BCUT2D eigenvalue weighted by molar-refractivity contribution is 7.91. The van der Waals surface area contributed by atoms with Gasteiger partial charge in [0, 0.05) is 17.0 Å². The SMILES string of the molecule is COc1ccc(CN(c2ncc(Cl)s2)S(=O)(=O)n2ncc3c(C#N)cccc32)c(OC)c1. The van der Waals surface area contributed by atoms with Gasteiger partial charge in [-0.3, -0.25) is 0 Å². The normalized spacial score (nSPS) is 11.3. The number of thiazole rings is 1. The Morgan fingerprint density at radius 2 is 2.03 bits per heavy atom. The quantitative estimate of drug-likeness (QED) is 0.388. The van der Waals surface area contributed by atoms with Crippen LogP contribution in [-0.4, -0.2) is 36.8 Å². The fourth-order valence-electron chi connectivity index (χ4n) is 3.15. The summed E-state index contributed by atoms with van der Waals surface area (Å²) in [6.45, 7) is -0.0986. The molecule has 0 unspecified atom stereocenters. The van der Waals surface area contributed by atoms with Gasteiger partial charge in [-0.1, -0.05) is 29.0 Å². The predicted molar refractivity (Wildman–Crippen MR) is 122 cm³/mol. The van der Waals surface area contributed by atoms with E-state index in [2.05, 4.69) is 10.1 Å². The molecule has 32 heavy (non-hydrogen) atoms. The molecule has 0 aliphatic rings. The van der Waals surface area contributed by atoms with Crippen LogP contribution < -0.4 is 13.8 Å². The summed E-state index contributed by atoms with van der Waals surface area (Å²) < 4.78 is 40.5. The van der Waals surface area contributed by atoms with E-state index in [0.29, 0.717) is 32.3 Å². The Morgan fingerprint density at radius 3 is 2.69 bits per heavy atom. The average Bonchev–Trinajstić information content (AvgIpc) is 3.43. The molecule has 0 saturated carbocycles. The maximum atomic E-state index is 13.7. The highest BCUT2D eigenvalue weighted by atomic mass is 35.5. The number of benzene rings is 2. The van der Waals surface area contributed by atoms with Crippen LogP contribution in [0.4, 0.5) is 5.13 Å². The van der Waals surface area contributed by atoms with Gasteiger partial charge in [0.05, 0.1) is 50.3 Å². The van der Waals surface area contributed by atoms with Crippen LogP contribution in [-0.2, 0) is 16.8 Å². The number of hydrogen-bond acceptors (Lipinski definition) is 8. The summed E-state index contributed by atoms with van der Waals surface area (Å²) in [5.41, 5.74) is 1.18. The molecule has 0 atom stereocenters. The molecule has 0 bridgehead atoms. The van der Waals surface area contributed by atoms with E-state index in [9.17, 15) is 13.7 Å². The molecule has 0 aliphatic heterocycles. The Morgan fingerprint density at radius 1 is 1.22 bits per heavy atom. The van der Waals surface area contributed by atoms with E-state index < -0.39 is 10.2 Å². The molecule has 164 valence electrons. The Bertz CT molecular complexity index is 1440. The van der Waals surface area contributed by atoms with Crippen LogP contribution in [0, 0.1) is 11.3 Å². The molecule has 2 aromatic carbocycles. The first kappa shape index (κ1) is 21.9. The van der Waals surface area contributed by atoms with E-state index in [1.165, 1.54) is 26.6 Å². The third-order valence-electron chi connectivity index (χ3n) is 4.69. The van der Waals surface area contributed by atoms with E-state index in [1.807, 2.05) is 6.07 Å². The Hall–Kier alpha value is -3.33. The molecule has 4 rings (SSSR count). The number of aromatic nitrogens is 3. The average molecular weight is 490 g/mol. The minimum atomic E-state index is -4.26. The first-order chi connectivity index (χ1) is 15.4. The molecule has 0 radical (unpaired) electrons. The first-order valence-corrected chi connectivity index (χ1v) is 11.7. The van der Waals surface area contributed by atoms with Crippen LogP contribution in [0.25, 0.3) is 10.9 Å². The van der Waals surface area contributed by atoms with Gasteiger partial charge in [0.25, 0.3) is 0 Å². The molecule has 4 aromatic rings.